The van der Waals surface area contributed by atoms with Crippen molar-refractivity contribution in [2.45, 2.75) is 58.5 Å². The van der Waals surface area contributed by atoms with Crippen molar-refractivity contribution < 1.29 is 9.32 Å². The summed E-state index contributed by atoms with van der Waals surface area (Å²) in [4.78, 5) is 30.9. The van der Waals surface area contributed by atoms with Gasteiger partial charge in [-0.15, -0.1) is 0 Å². The van der Waals surface area contributed by atoms with Crippen molar-refractivity contribution in [2.75, 3.05) is 6.54 Å². The number of aromatic nitrogens is 3. The molecule has 7 heteroatoms. The number of pyridine rings is 1. The predicted molar refractivity (Wildman–Crippen MR) is 92.1 cm³/mol. The highest BCUT2D eigenvalue weighted by Gasteiger charge is 2.33. The van der Waals surface area contributed by atoms with Gasteiger partial charge in [0.15, 0.2) is 5.82 Å². The Bertz CT molecular complexity index is 809. The van der Waals surface area contributed by atoms with Crippen LogP contribution in [0.5, 0.6) is 0 Å². The van der Waals surface area contributed by atoms with E-state index in [2.05, 4.69) is 10.1 Å². The smallest absolute Gasteiger partial charge is 0.250 e. The highest BCUT2D eigenvalue weighted by molar-refractivity contribution is 5.76. The molecule has 1 fully saturated rings. The third-order valence-electron chi connectivity index (χ3n) is 4.65. The second kappa shape index (κ2) is 7.21. The summed E-state index contributed by atoms with van der Waals surface area (Å²) in [6, 6.07) is 4.97. The minimum Gasteiger partial charge on any atom is -0.337 e. The Hall–Kier alpha value is -2.44. The molecule has 1 aliphatic heterocycles. The van der Waals surface area contributed by atoms with Crippen molar-refractivity contribution in [1.82, 2.24) is 19.6 Å². The lowest BCUT2D eigenvalue weighted by molar-refractivity contribution is -0.132. The summed E-state index contributed by atoms with van der Waals surface area (Å²) in [5, 5.41) is 4.00. The maximum Gasteiger partial charge on any atom is 0.250 e. The van der Waals surface area contributed by atoms with Gasteiger partial charge in [0, 0.05) is 37.2 Å². The zero-order valence-electron chi connectivity index (χ0n) is 14.9. The Morgan fingerprint density at radius 3 is 2.88 bits per heavy atom. The van der Waals surface area contributed by atoms with Crippen LogP contribution in [-0.4, -0.2) is 32.1 Å². The van der Waals surface area contributed by atoms with E-state index >= 15 is 0 Å². The van der Waals surface area contributed by atoms with Gasteiger partial charge in [0.2, 0.25) is 11.8 Å². The Morgan fingerprint density at radius 1 is 1.40 bits per heavy atom. The number of amides is 1. The van der Waals surface area contributed by atoms with Gasteiger partial charge in [0.05, 0.1) is 0 Å². The van der Waals surface area contributed by atoms with Crippen molar-refractivity contribution >= 4 is 5.91 Å². The molecule has 25 heavy (non-hydrogen) atoms. The Labute approximate surface area is 146 Å². The van der Waals surface area contributed by atoms with Crippen LogP contribution in [-0.2, 0) is 11.3 Å². The van der Waals surface area contributed by atoms with Gasteiger partial charge in [-0.3, -0.25) is 9.59 Å². The number of hydrogen-bond donors (Lipinski definition) is 0. The summed E-state index contributed by atoms with van der Waals surface area (Å²) in [5.74, 6) is 1.39. The lowest BCUT2D eigenvalue weighted by Gasteiger charge is -2.22. The molecule has 2 aromatic heterocycles. The van der Waals surface area contributed by atoms with Gasteiger partial charge in [-0.05, 0) is 25.8 Å². The molecule has 1 atom stereocenters. The van der Waals surface area contributed by atoms with E-state index in [1.54, 1.807) is 15.5 Å². The average molecular weight is 344 g/mol. The third kappa shape index (κ3) is 3.65. The van der Waals surface area contributed by atoms with Gasteiger partial charge in [-0.25, -0.2) is 0 Å². The lowest BCUT2D eigenvalue weighted by atomic mass is 10.2. The van der Waals surface area contributed by atoms with Gasteiger partial charge in [-0.1, -0.05) is 25.1 Å². The highest BCUT2D eigenvalue weighted by Crippen LogP contribution is 2.32. The third-order valence-corrected chi connectivity index (χ3v) is 4.65. The monoisotopic (exact) mass is 344 g/mol. The number of hydrogen-bond acceptors (Lipinski definition) is 5. The first-order valence-corrected chi connectivity index (χ1v) is 8.77. The van der Waals surface area contributed by atoms with Crippen LogP contribution in [0.2, 0.25) is 0 Å². The molecule has 2 aromatic rings. The van der Waals surface area contributed by atoms with Crippen LogP contribution < -0.4 is 5.56 Å². The molecule has 1 amide bonds. The Balaban J connectivity index is 1.69. The summed E-state index contributed by atoms with van der Waals surface area (Å²) in [6.07, 6.45) is 2.03. The molecule has 1 aliphatic rings. The van der Waals surface area contributed by atoms with Crippen molar-refractivity contribution in [3.05, 3.63) is 46.0 Å². The molecule has 1 unspecified atom stereocenters. The second-order valence-corrected chi connectivity index (χ2v) is 6.80. The highest BCUT2D eigenvalue weighted by atomic mass is 16.5. The Kier molecular flexibility index (Phi) is 5.01. The van der Waals surface area contributed by atoms with Crippen molar-refractivity contribution in [3.63, 3.8) is 0 Å². The summed E-state index contributed by atoms with van der Waals surface area (Å²) < 4.78 is 7.01. The first kappa shape index (κ1) is 17.4. The van der Waals surface area contributed by atoms with E-state index in [1.165, 1.54) is 6.07 Å². The van der Waals surface area contributed by atoms with Gasteiger partial charge in [0.25, 0.3) is 5.56 Å². The van der Waals surface area contributed by atoms with Crippen LogP contribution in [0.4, 0.5) is 0 Å². The standard InChI is InChI=1S/C18H24N4O3/c1-12(2)17-19-18(25-20-17)14-7-5-10-22(14)16(24)9-11-21-13(3)6-4-8-15(21)23/h4,6,8,12,14H,5,7,9-11H2,1-3H3. The van der Waals surface area contributed by atoms with E-state index in [1.807, 2.05) is 26.8 Å². The number of aryl methyl sites for hydroxylation is 1. The molecule has 0 bridgehead atoms. The quantitative estimate of drug-likeness (QED) is 0.832. The zero-order chi connectivity index (χ0) is 18.0. The van der Waals surface area contributed by atoms with Crippen LogP contribution >= 0.6 is 0 Å². The van der Waals surface area contributed by atoms with Gasteiger partial charge < -0.3 is 14.0 Å². The van der Waals surface area contributed by atoms with Gasteiger partial charge in [0.1, 0.15) is 6.04 Å². The Morgan fingerprint density at radius 2 is 2.20 bits per heavy atom. The van der Waals surface area contributed by atoms with Crippen molar-refractivity contribution in [2.24, 2.45) is 0 Å². The fraction of sp³-hybridized carbons (Fsp3) is 0.556. The molecule has 0 spiro atoms. The minimum atomic E-state index is -0.152. The molecule has 0 N–H and O–H groups in total. The second-order valence-electron chi connectivity index (χ2n) is 6.80. The van der Waals surface area contributed by atoms with E-state index in [9.17, 15) is 9.59 Å². The molecule has 3 rings (SSSR count). The maximum absolute atomic E-state index is 12.7. The maximum atomic E-state index is 12.7. The number of carbonyl (C=O) groups excluding carboxylic acids is 1. The molecular weight excluding hydrogens is 320 g/mol. The fourth-order valence-corrected chi connectivity index (χ4v) is 3.20. The number of rotatable bonds is 5. The van der Waals surface area contributed by atoms with Crippen LogP contribution in [0.3, 0.4) is 0 Å². The average Bonchev–Trinajstić information content (AvgIpc) is 3.23. The zero-order valence-corrected chi connectivity index (χ0v) is 14.9. The van der Waals surface area contributed by atoms with Gasteiger partial charge in [-0.2, -0.15) is 4.98 Å². The van der Waals surface area contributed by atoms with Crippen LogP contribution in [0.1, 0.15) is 62.5 Å². The minimum absolute atomic E-state index is 0.0157. The van der Waals surface area contributed by atoms with Crippen molar-refractivity contribution in [3.8, 4) is 0 Å². The first-order valence-electron chi connectivity index (χ1n) is 8.77. The number of carbonyl (C=O) groups is 1. The molecular formula is C18H24N4O3. The molecule has 0 aromatic carbocycles. The summed E-state index contributed by atoms with van der Waals surface area (Å²) in [6.45, 7) is 6.95. The van der Waals surface area contributed by atoms with Crippen LogP contribution in [0, 0.1) is 6.92 Å². The number of nitrogens with zero attached hydrogens (tertiary/aromatic N) is 4. The van der Waals surface area contributed by atoms with E-state index < -0.39 is 0 Å². The SMILES string of the molecule is Cc1cccc(=O)n1CCC(=O)N1CCCC1c1nc(C(C)C)no1. The van der Waals surface area contributed by atoms with E-state index in [0.717, 1.165) is 18.5 Å². The summed E-state index contributed by atoms with van der Waals surface area (Å²) in [7, 11) is 0. The first-order chi connectivity index (χ1) is 12.0. The van der Waals surface area contributed by atoms with E-state index in [4.69, 9.17) is 4.52 Å². The molecule has 3 heterocycles. The molecule has 0 radical (unpaired) electrons. The fourth-order valence-electron chi connectivity index (χ4n) is 3.20. The molecule has 0 aliphatic carbocycles. The van der Waals surface area contributed by atoms with E-state index in [-0.39, 0.29) is 29.8 Å². The molecule has 1 saturated heterocycles. The topological polar surface area (TPSA) is 81.2 Å². The molecule has 0 saturated carbocycles. The van der Waals surface area contributed by atoms with Crippen molar-refractivity contribution in [1.29, 1.82) is 0 Å². The molecule has 134 valence electrons. The normalized spacial score (nSPS) is 17.4. The van der Waals surface area contributed by atoms with Crippen LogP contribution in [0.15, 0.2) is 27.5 Å². The summed E-state index contributed by atoms with van der Waals surface area (Å²) in [5.41, 5.74) is 0.779. The molecule has 7 nitrogen and oxygen atoms in total. The van der Waals surface area contributed by atoms with Gasteiger partial charge >= 0.3 is 0 Å². The summed E-state index contributed by atoms with van der Waals surface area (Å²) >= 11 is 0. The van der Waals surface area contributed by atoms with E-state index in [0.29, 0.717) is 24.8 Å². The van der Waals surface area contributed by atoms with Crippen LogP contribution in [0.25, 0.3) is 0 Å². The predicted octanol–water partition coefficient (Wildman–Crippen LogP) is 2.42. The lowest BCUT2D eigenvalue weighted by Crippen LogP contribution is -2.32. The number of likely N-dealkylation sites (tertiary alicyclic amines) is 1. The largest absolute Gasteiger partial charge is 0.337 e.